The molecule has 144 valence electrons. The first-order valence-corrected chi connectivity index (χ1v) is 9.31. The normalized spacial score (nSPS) is 14.9. The average Bonchev–Trinajstić information content (AvgIpc) is 3.22. The van der Waals surface area contributed by atoms with E-state index in [0.717, 1.165) is 50.8 Å². The zero-order valence-corrected chi connectivity index (χ0v) is 15.2. The number of rotatable bonds is 7. The Hall–Kier alpha value is -2.97. The number of piperidine rings is 1. The van der Waals surface area contributed by atoms with E-state index >= 15 is 0 Å². The summed E-state index contributed by atoms with van der Waals surface area (Å²) in [5.74, 6) is 1.14. The highest BCUT2D eigenvalue weighted by Crippen LogP contribution is 2.26. The van der Waals surface area contributed by atoms with E-state index in [1.165, 1.54) is 0 Å². The minimum atomic E-state index is -0.469. The van der Waals surface area contributed by atoms with E-state index in [9.17, 15) is 9.59 Å². The van der Waals surface area contributed by atoms with Crippen LogP contribution in [-0.4, -0.2) is 57.1 Å². The molecule has 3 amide bonds. The highest BCUT2D eigenvalue weighted by molar-refractivity contribution is 6.00. The van der Waals surface area contributed by atoms with Crippen LogP contribution in [-0.2, 0) is 0 Å². The monoisotopic (exact) mass is 371 g/mol. The van der Waals surface area contributed by atoms with Gasteiger partial charge in [0.1, 0.15) is 0 Å². The van der Waals surface area contributed by atoms with Crippen molar-refractivity contribution in [1.82, 2.24) is 30.8 Å². The second kappa shape index (κ2) is 9.11. The number of hydrogen-bond acceptors (Lipinski definition) is 5. The van der Waals surface area contributed by atoms with Gasteiger partial charge in [-0.05, 0) is 41.7 Å². The molecule has 4 N–H and O–H groups in total. The van der Waals surface area contributed by atoms with Crippen LogP contribution in [0, 0.1) is 5.92 Å². The van der Waals surface area contributed by atoms with Gasteiger partial charge in [0.2, 0.25) is 0 Å². The molecular formula is C18H25N7O2. The largest absolute Gasteiger partial charge is 0.352 e. The molecule has 1 fully saturated rings. The topological polar surface area (TPSA) is 130 Å². The fourth-order valence-electron chi connectivity index (χ4n) is 3.51. The Kier molecular flexibility index (Phi) is 6.35. The molecule has 2 heterocycles. The van der Waals surface area contributed by atoms with Crippen LogP contribution >= 0.6 is 0 Å². The molecule has 0 radical (unpaired) electrons. The Labute approximate surface area is 157 Å². The third kappa shape index (κ3) is 5.02. The predicted octanol–water partition coefficient (Wildman–Crippen LogP) is 1.56. The van der Waals surface area contributed by atoms with Gasteiger partial charge in [-0.3, -0.25) is 4.79 Å². The molecule has 1 aromatic carbocycles. The Morgan fingerprint density at radius 1 is 1.22 bits per heavy atom. The van der Waals surface area contributed by atoms with Gasteiger partial charge in [-0.1, -0.05) is 31.0 Å². The van der Waals surface area contributed by atoms with Gasteiger partial charge < -0.3 is 16.0 Å². The number of unbranched alkanes of at least 4 members (excludes halogenated alkanes) is 1. The molecular weight excluding hydrogens is 346 g/mol. The highest BCUT2D eigenvalue weighted by Gasteiger charge is 2.25. The van der Waals surface area contributed by atoms with Gasteiger partial charge in [-0.25, -0.2) is 9.89 Å². The van der Waals surface area contributed by atoms with Gasteiger partial charge >= 0.3 is 6.03 Å². The number of urea groups is 1. The van der Waals surface area contributed by atoms with Crippen LogP contribution in [0.4, 0.5) is 4.79 Å². The van der Waals surface area contributed by atoms with Crippen LogP contribution in [0.2, 0.25) is 0 Å². The fraction of sp³-hybridized carbons (Fsp3) is 0.500. The summed E-state index contributed by atoms with van der Waals surface area (Å²) >= 11 is 0. The zero-order chi connectivity index (χ0) is 19.1. The first-order chi connectivity index (χ1) is 13.1. The summed E-state index contributed by atoms with van der Waals surface area (Å²) in [5.41, 5.74) is 6.39. The Morgan fingerprint density at radius 3 is 2.70 bits per heavy atom. The van der Waals surface area contributed by atoms with Gasteiger partial charge in [0.05, 0.1) is 5.56 Å². The van der Waals surface area contributed by atoms with Crippen molar-refractivity contribution in [1.29, 1.82) is 0 Å². The molecule has 1 saturated heterocycles. The van der Waals surface area contributed by atoms with Crippen molar-refractivity contribution in [3.8, 4) is 11.4 Å². The number of aromatic nitrogens is 4. The van der Waals surface area contributed by atoms with Crippen LogP contribution in [0.15, 0.2) is 24.3 Å². The summed E-state index contributed by atoms with van der Waals surface area (Å²) < 4.78 is 0. The number of likely N-dealkylation sites (tertiary alicyclic amines) is 1. The lowest BCUT2D eigenvalue weighted by Crippen LogP contribution is -2.38. The molecule has 0 spiro atoms. The van der Waals surface area contributed by atoms with Crippen molar-refractivity contribution in [2.45, 2.75) is 32.1 Å². The van der Waals surface area contributed by atoms with E-state index in [1.54, 1.807) is 0 Å². The number of aromatic amines is 1. The minimum absolute atomic E-state index is 0.0195. The maximum absolute atomic E-state index is 13.0. The highest BCUT2D eigenvalue weighted by atomic mass is 16.2. The Balaban J connectivity index is 1.50. The molecule has 0 atom stereocenters. The summed E-state index contributed by atoms with van der Waals surface area (Å²) in [5, 5.41) is 16.5. The molecule has 9 nitrogen and oxygen atoms in total. The molecule has 3 rings (SSSR count). The first kappa shape index (κ1) is 18.8. The molecule has 1 aliphatic heterocycles. The van der Waals surface area contributed by atoms with E-state index in [4.69, 9.17) is 5.73 Å². The standard InChI is InChI=1S/C18H25N7O2/c19-18(27)20-10-4-3-5-13-8-11-25(12-9-13)17(26)15-7-2-1-6-14(15)16-21-23-24-22-16/h1-2,6-7,13H,3-5,8-12H2,(H3,19,20,27)(H,21,22,23,24). The van der Waals surface area contributed by atoms with Crippen LogP contribution in [0.1, 0.15) is 42.5 Å². The summed E-state index contributed by atoms with van der Waals surface area (Å²) in [6, 6.07) is 6.92. The van der Waals surface area contributed by atoms with Crippen molar-refractivity contribution in [3.63, 3.8) is 0 Å². The molecule has 1 aliphatic rings. The van der Waals surface area contributed by atoms with Gasteiger partial charge in [-0.2, -0.15) is 0 Å². The molecule has 0 aliphatic carbocycles. The summed E-state index contributed by atoms with van der Waals surface area (Å²) in [7, 11) is 0. The van der Waals surface area contributed by atoms with Crippen molar-refractivity contribution >= 4 is 11.9 Å². The summed E-state index contributed by atoms with van der Waals surface area (Å²) in [6.07, 6.45) is 5.10. The van der Waals surface area contributed by atoms with Gasteiger partial charge in [0, 0.05) is 25.2 Å². The lowest BCUT2D eigenvalue weighted by molar-refractivity contribution is 0.0686. The number of amides is 3. The molecule has 27 heavy (non-hydrogen) atoms. The van der Waals surface area contributed by atoms with Crippen molar-refractivity contribution in [3.05, 3.63) is 29.8 Å². The van der Waals surface area contributed by atoms with Gasteiger partial charge in [0.25, 0.3) is 5.91 Å². The van der Waals surface area contributed by atoms with E-state index < -0.39 is 6.03 Å². The Morgan fingerprint density at radius 2 is 2.00 bits per heavy atom. The van der Waals surface area contributed by atoms with Gasteiger partial charge in [-0.15, -0.1) is 5.10 Å². The van der Waals surface area contributed by atoms with Crippen LogP contribution < -0.4 is 11.1 Å². The molecule has 0 saturated carbocycles. The quantitative estimate of drug-likeness (QED) is 0.636. The number of carbonyl (C=O) groups is 2. The van der Waals surface area contributed by atoms with E-state index in [0.29, 0.717) is 23.9 Å². The number of hydrogen-bond donors (Lipinski definition) is 3. The number of nitrogens with two attached hydrogens (primary N) is 1. The number of primary amides is 1. The SMILES string of the molecule is NC(=O)NCCCCC1CCN(C(=O)c2ccccc2-c2nnn[nH]2)CC1. The second-order valence-electron chi connectivity index (χ2n) is 6.82. The molecule has 0 unspecified atom stereocenters. The van der Waals surface area contributed by atoms with Crippen molar-refractivity contribution in [2.75, 3.05) is 19.6 Å². The van der Waals surface area contributed by atoms with Gasteiger partial charge in [0.15, 0.2) is 5.82 Å². The van der Waals surface area contributed by atoms with Crippen LogP contribution in [0.3, 0.4) is 0 Å². The van der Waals surface area contributed by atoms with Crippen LogP contribution in [0.5, 0.6) is 0 Å². The maximum Gasteiger partial charge on any atom is 0.312 e. The van der Waals surface area contributed by atoms with E-state index in [2.05, 4.69) is 25.9 Å². The number of nitrogens with zero attached hydrogens (tertiary/aromatic N) is 4. The van der Waals surface area contributed by atoms with Crippen LogP contribution in [0.25, 0.3) is 11.4 Å². The van der Waals surface area contributed by atoms with Crippen molar-refractivity contribution in [2.24, 2.45) is 11.7 Å². The number of benzene rings is 1. The van der Waals surface area contributed by atoms with E-state index in [1.807, 2.05) is 29.2 Å². The second-order valence-corrected chi connectivity index (χ2v) is 6.82. The molecule has 2 aromatic rings. The Bertz CT molecular complexity index is 755. The minimum Gasteiger partial charge on any atom is -0.352 e. The average molecular weight is 371 g/mol. The van der Waals surface area contributed by atoms with E-state index in [-0.39, 0.29) is 5.91 Å². The smallest absolute Gasteiger partial charge is 0.312 e. The third-order valence-corrected chi connectivity index (χ3v) is 5.00. The molecule has 1 aromatic heterocycles. The predicted molar refractivity (Wildman–Crippen MR) is 99.7 cm³/mol. The summed E-state index contributed by atoms with van der Waals surface area (Å²) in [4.78, 5) is 25.5. The number of tetrazole rings is 1. The first-order valence-electron chi connectivity index (χ1n) is 9.31. The number of nitrogens with one attached hydrogen (secondary N) is 2. The third-order valence-electron chi connectivity index (χ3n) is 5.00. The lowest BCUT2D eigenvalue weighted by atomic mass is 9.91. The molecule has 0 bridgehead atoms. The zero-order valence-electron chi connectivity index (χ0n) is 15.2. The maximum atomic E-state index is 13.0. The van der Waals surface area contributed by atoms with Crippen molar-refractivity contribution < 1.29 is 9.59 Å². The lowest BCUT2D eigenvalue weighted by Gasteiger charge is -2.32. The number of H-pyrrole nitrogens is 1. The summed E-state index contributed by atoms with van der Waals surface area (Å²) in [6.45, 7) is 2.14. The fourth-order valence-corrected chi connectivity index (χ4v) is 3.51. The molecule has 9 heteroatoms. The number of carbonyl (C=O) groups excluding carboxylic acids is 2.